The molecule has 0 spiro atoms. The van der Waals surface area contributed by atoms with E-state index in [0.29, 0.717) is 31.2 Å². The van der Waals surface area contributed by atoms with Gasteiger partial charge in [0, 0.05) is 25.5 Å². The highest BCUT2D eigenvalue weighted by Gasteiger charge is 2.06. The van der Waals surface area contributed by atoms with Crippen molar-refractivity contribution in [3.63, 3.8) is 0 Å². The summed E-state index contributed by atoms with van der Waals surface area (Å²) in [6.45, 7) is 3.93. The zero-order valence-electron chi connectivity index (χ0n) is 9.05. The lowest BCUT2D eigenvalue weighted by molar-refractivity contribution is 0.158. The van der Waals surface area contributed by atoms with Crippen LogP contribution >= 0.6 is 0 Å². The van der Waals surface area contributed by atoms with Crippen LogP contribution in [0.2, 0.25) is 0 Å². The van der Waals surface area contributed by atoms with E-state index in [9.17, 15) is 5.11 Å². The molecule has 6 heteroatoms. The van der Waals surface area contributed by atoms with Crippen molar-refractivity contribution in [2.45, 2.75) is 6.92 Å². The smallest absolute Gasteiger partial charge is 0.216 e. The summed E-state index contributed by atoms with van der Waals surface area (Å²) in [4.78, 5) is 8.22. The Morgan fingerprint density at radius 2 is 2.38 bits per heavy atom. The van der Waals surface area contributed by atoms with Gasteiger partial charge in [0.15, 0.2) is 11.5 Å². The normalized spacial score (nSPS) is 10.8. The van der Waals surface area contributed by atoms with Gasteiger partial charge in [-0.1, -0.05) is 0 Å². The van der Waals surface area contributed by atoms with Gasteiger partial charge in [-0.05, 0) is 6.92 Å². The summed E-state index contributed by atoms with van der Waals surface area (Å²) in [5, 5.41) is 12.6. The van der Waals surface area contributed by atoms with Crippen LogP contribution < -0.4 is 5.32 Å². The monoisotopic (exact) mass is 222 g/mol. The Labute approximate surface area is 92.9 Å². The van der Waals surface area contributed by atoms with Crippen molar-refractivity contribution in [1.29, 1.82) is 0 Å². The van der Waals surface area contributed by atoms with Gasteiger partial charge in [0.05, 0.1) is 12.8 Å². The molecule has 2 rings (SSSR count). The number of aromatic nitrogens is 3. The summed E-state index contributed by atoms with van der Waals surface area (Å²) in [6.07, 6.45) is 4.66. The predicted molar refractivity (Wildman–Crippen MR) is 59.6 cm³/mol. The van der Waals surface area contributed by atoms with Crippen molar-refractivity contribution in [3.05, 3.63) is 18.6 Å². The zero-order chi connectivity index (χ0) is 11.4. The van der Waals surface area contributed by atoms with Crippen molar-refractivity contribution < 1.29 is 9.84 Å². The highest BCUT2D eigenvalue weighted by atomic mass is 16.5. The number of ether oxygens (including phenoxy) is 1. The lowest BCUT2D eigenvalue weighted by Crippen LogP contribution is -2.11. The van der Waals surface area contributed by atoms with Crippen LogP contribution in [0.15, 0.2) is 18.6 Å². The molecule has 0 unspecified atom stereocenters. The van der Waals surface area contributed by atoms with E-state index < -0.39 is 0 Å². The van der Waals surface area contributed by atoms with Gasteiger partial charge in [0.1, 0.15) is 0 Å². The first-order chi connectivity index (χ1) is 7.83. The Bertz CT molecular complexity index is 469. The fraction of sp³-hybridized carbons (Fsp3) is 0.400. The molecule has 0 saturated heterocycles. The Kier molecular flexibility index (Phi) is 3.21. The van der Waals surface area contributed by atoms with Crippen molar-refractivity contribution in [2.75, 3.05) is 25.1 Å². The number of nitrogens with one attached hydrogen (secondary N) is 1. The SMILES string of the molecule is CCOCCNc1nccn2c(O)cnc12. The van der Waals surface area contributed by atoms with Crippen LogP contribution in [0.25, 0.3) is 5.65 Å². The van der Waals surface area contributed by atoms with E-state index in [1.165, 1.54) is 6.20 Å². The molecule has 0 bridgehead atoms. The van der Waals surface area contributed by atoms with Crippen molar-refractivity contribution in [2.24, 2.45) is 0 Å². The molecule has 0 saturated carbocycles. The van der Waals surface area contributed by atoms with Gasteiger partial charge in [-0.15, -0.1) is 0 Å². The molecule has 0 radical (unpaired) electrons. The molecule has 6 nitrogen and oxygen atoms in total. The van der Waals surface area contributed by atoms with Gasteiger partial charge in [-0.25, -0.2) is 9.97 Å². The molecule has 0 aliphatic carbocycles. The third kappa shape index (κ3) is 2.06. The molecule has 16 heavy (non-hydrogen) atoms. The molecule has 86 valence electrons. The first kappa shape index (κ1) is 10.7. The number of aromatic hydroxyl groups is 1. The maximum absolute atomic E-state index is 9.47. The fourth-order valence-corrected chi connectivity index (χ4v) is 1.42. The molecule has 0 aliphatic heterocycles. The lowest BCUT2D eigenvalue weighted by Gasteiger charge is -2.06. The summed E-state index contributed by atoms with van der Waals surface area (Å²) < 4.78 is 6.77. The van der Waals surface area contributed by atoms with Crippen LogP contribution in [0.5, 0.6) is 5.88 Å². The third-order valence-corrected chi connectivity index (χ3v) is 2.15. The number of anilines is 1. The van der Waals surface area contributed by atoms with Crippen LogP contribution in [0.1, 0.15) is 6.92 Å². The molecule has 2 heterocycles. The fourth-order valence-electron chi connectivity index (χ4n) is 1.42. The minimum Gasteiger partial charge on any atom is -0.493 e. The number of hydrogen-bond acceptors (Lipinski definition) is 5. The van der Waals surface area contributed by atoms with E-state index in [1.54, 1.807) is 16.8 Å². The molecule has 0 amide bonds. The quantitative estimate of drug-likeness (QED) is 0.735. The average molecular weight is 222 g/mol. The second kappa shape index (κ2) is 4.80. The Hall–Kier alpha value is -1.82. The maximum atomic E-state index is 9.47. The molecule has 2 aromatic rings. The molecule has 0 atom stereocenters. The molecule has 2 N–H and O–H groups in total. The average Bonchev–Trinajstić information content (AvgIpc) is 2.68. The Morgan fingerprint density at radius 3 is 3.19 bits per heavy atom. The van der Waals surface area contributed by atoms with Gasteiger partial charge in [-0.2, -0.15) is 0 Å². The number of fused-ring (bicyclic) bond motifs is 1. The van der Waals surface area contributed by atoms with Gasteiger partial charge < -0.3 is 15.2 Å². The highest BCUT2D eigenvalue weighted by Crippen LogP contribution is 2.17. The summed E-state index contributed by atoms with van der Waals surface area (Å²) >= 11 is 0. The summed E-state index contributed by atoms with van der Waals surface area (Å²) in [7, 11) is 0. The minimum atomic E-state index is 0.102. The second-order valence-corrected chi connectivity index (χ2v) is 3.21. The lowest BCUT2D eigenvalue weighted by atomic mass is 10.5. The summed E-state index contributed by atoms with van der Waals surface area (Å²) in [6, 6.07) is 0. The minimum absolute atomic E-state index is 0.102. The maximum Gasteiger partial charge on any atom is 0.216 e. The molecular weight excluding hydrogens is 208 g/mol. The van der Waals surface area contributed by atoms with Crippen molar-refractivity contribution in [1.82, 2.24) is 14.4 Å². The highest BCUT2D eigenvalue weighted by molar-refractivity contribution is 5.63. The van der Waals surface area contributed by atoms with Gasteiger partial charge >= 0.3 is 0 Å². The summed E-state index contributed by atoms with van der Waals surface area (Å²) in [5.74, 6) is 0.743. The van der Waals surface area contributed by atoms with Crippen LogP contribution in [0.3, 0.4) is 0 Å². The van der Waals surface area contributed by atoms with Crippen LogP contribution in [0.4, 0.5) is 5.82 Å². The van der Waals surface area contributed by atoms with Crippen LogP contribution in [0, 0.1) is 0 Å². The van der Waals surface area contributed by atoms with Gasteiger partial charge in [0.25, 0.3) is 0 Å². The van der Waals surface area contributed by atoms with E-state index in [-0.39, 0.29) is 5.88 Å². The molecule has 0 fully saturated rings. The van der Waals surface area contributed by atoms with Crippen LogP contribution in [-0.4, -0.2) is 39.2 Å². The topological polar surface area (TPSA) is 71.7 Å². The number of imidazole rings is 1. The molecule has 2 aromatic heterocycles. The van der Waals surface area contributed by atoms with E-state index in [4.69, 9.17) is 4.74 Å². The number of nitrogens with zero attached hydrogens (tertiary/aromatic N) is 3. The van der Waals surface area contributed by atoms with E-state index >= 15 is 0 Å². The Balaban J connectivity index is 2.11. The van der Waals surface area contributed by atoms with E-state index in [2.05, 4.69) is 15.3 Å². The van der Waals surface area contributed by atoms with Crippen molar-refractivity contribution >= 4 is 11.5 Å². The number of hydrogen-bond donors (Lipinski definition) is 2. The molecule has 0 aromatic carbocycles. The predicted octanol–water partition coefficient (Wildman–Crippen LogP) is 0.883. The third-order valence-electron chi connectivity index (χ3n) is 2.15. The first-order valence-electron chi connectivity index (χ1n) is 5.15. The Morgan fingerprint density at radius 1 is 1.50 bits per heavy atom. The number of rotatable bonds is 5. The first-order valence-corrected chi connectivity index (χ1v) is 5.15. The van der Waals surface area contributed by atoms with Gasteiger partial charge in [0.2, 0.25) is 5.88 Å². The van der Waals surface area contributed by atoms with E-state index in [1.807, 2.05) is 6.92 Å². The molecule has 0 aliphatic rings. The largest absolute Gasteiger partial charge is 0.493 e. The summed E-state index contributed by atoms with van der Waals surface area (Å²) in [5.41, 5.74) is 0.608. The molecular formula is C10H14N4O2. The van der Waals surface area contributed by atoms with Crippen molar-refractivity contribution in [3.8, 4) is 5.88 Å². The van der Waals surface area contributed by atoms with Crippen LogP contribution in [-0.2, 0) is 4.74 Å². The van der Waals surface area contributed by atoms with E-state index in [0.717, 1.165) is 0 Å². The standard InChI is InChI=1S/C10H14N4O2/c1-2-16-6-4-12-9-10-13-7-8(15)14(10)5-3-11-9/h3,5,7,15H,2,4,6H2,1H3,(H,11,12). The zero-order valence-corrected chi connectivity index (χ0v) is 9.05. The second-order valence-electron chi connectivity index (χ2n) is 3.21. The van der Waals surface area contributed by atoms with Gasteiger partial charge in [-0.3, -0.25) is 4.40 Å².